The molecule has 3 heteroatoms. The molecule has 3 aromatic rings. The van der Waals surface area contributed by atoms with Crippen LogP contribution in [0.15, 0.2) is 73.3 Å². The Bertz CT molecular complexity index is 1370. The van der Waals surface area contributed by atoms with E-state index in [-0.39, 0.29) is 11.2 Å². The van der Waals surface area contributed by atoms with Gasteiger partial charge in [-0.1, -0.05) is 100 Å². The van der Waals surface area contributed by atoms with Gasteiger partial charge in [0.05, 0.1) is 0 Å². The highest BCUT2D eigenvalue weighted by atomic mass is 32.1. The van der Waals surface area contributed by atoms with Gasteiger partial charge in [0.15, 0.2) is 5.78 Å². The Morgan fingerprint density at radius 1 is 0.810 bits per heavy atom. The number of Topliss-reactive ketones (excluding diaryl/α,β-unsaturated/α-hetero) is 1. The summed E-state index contributed by atoms with van der Waals surface area (Å²) in [6.45, 7) is 16.9. The summed E-state index contributed by atoms with van der Waals surface area (Å²) >= 11 is 5.45. The second-order valence-corrected chi connectivity index (χ2v) is 13.9. The molecule has 1 saturated heterocycles. The lowest BCUT2D eigenvalue weighted by Crippen LogP contribution is -2.34. The molecule has 4 rings (SSSR count). The van der Waals surface area contributed by atoms with Crippen LogP contribution in [0.2, 0.25) is 0 Å². The van der Waals surface area contributed by atoms with E-state index in [1.165, 1.54) is 27.8 Å². The second kappa shape index (κ2) is 14.4. The van der Waals surface area contributed by atoms with Crippen LogP contribution in [0, 0.1) is 5.92 Å². The van der Waals surface area contributed by atoms with Crippen molar-refractivity contribution in [3.05, 3.63) is 112 Å². The Labute approximate surface area is 260 Å². The quantitative estimate of drug-likeness (QED) is 0.121. The highest BCUT2D eigenvalue weighted by Gasteiger charge is 2.23. The lowest BCUT2D eigenvalue weighted by atomic mass is 9.86. The maximum Gasteiger partial charge on any atom is 0.159 e. The van der Waals surface area contributed by atoms with Crippen LogP contribution in [0.4, 0.5) is 0 Å². The molecule has 3 aromatic carbocycles. The number of unbranched alkanes of at least 4 members (excludes halogenated alkanes) is 1. The van der Waals surface area contributed by atoms with Gasteiger partial charge < -0.3 is 4.90 Å². The third kappa shape index (κ3) is 8.74. The number of hydrogen-bond acceptors (Lipinski definition) is 3. The molecule has 1 fully saturated rings. The maximum absolute atomic E-state index is 12.2. The van der Waals surface area contributed by atoms with Gasteiger partial charge >= 0.3 is 0 Å². The molecule has 2 nitrogen and oxygen atoms in total. The van der Waals surface area contributed by atoms with Gasteiger partial charge in [-0.25, -0.2) is 0 Å². The van der Waals surface area contributed by atoms with Crippen LogP contribution in [0.1, 0.15) is 104 Å². The molecule has 0 aromatic heterocycles. The lowest BCUT2D eigenvalue weighted by Gasteiger charge is -2.35. The number of aryl methyl sites for hydroxylation is 4. The van der Waals surface area contributed by atoms with Crippen molar-refractivity contribution in [3.63, 3.8) is 0 Å². The minimum absolute atomic E-state index is 0.104. The zero-order chi connectivity index (χ0) is 30.3. The molecule has 0 spiro atoms. The number of carbonyl (C=O) groups is 1. The Balaban J connectivity index is 1.28. The Hall–Kier alpha value is -3.04. The summed E-state index contributed by atoms with van der Waals surface area (Å²) in [6.07, 6.45) is 8.63. The predicted molar refractivity (Wildman–Crippen MR) is 184 cm³/mol. The summed E-state index contributed by atoms with van der Waals surface area (Å²) in [5.41, 5.74) is 10.0. The number of rotatable bonds is 12. The number of nitrogens with zero attached hydrogens (tertiary/aromatic N) is 1. The molecule has 0 radical (unpaired) electrons. The first-order valence-electron chi connectivity index (χ1n) is 15.8. The summed E-state index contributed by atoms with van der Waals surface area (Å²) in [7, 11) is 0. The van der Waals surface area contributed by atoms with Crippen LogP contribution in [0.25, 0.3) is 5.70 Å². The zero-order valence-corrected chi connectivity index (χ0v) is 27.3. The van der Waals surface area contributed by atoms with Crippen molar-refractivity contribution in [1.82, 2.24) is 4.90 Å². The van der Waals surface area contributed by atoms with Gasteiger partial charge in [0.1, 0.15) is 0 Å². The van der Waals surface area contributed by atoms with Crippen molar-refractivity contribution >= 4 is 28.6 Å². The number of benzene rings is 3. The van der Waals surface area contributed by atoms with Gasteiger partial charge in [0.25, 0.3) is 0 Å². The molecule has 222 valence electrons. The highest BCUT2D eigenvalue weighted by molar-refractivity contribution is 7.80. The second-order valence-electron chi connectivity index (χ2n) is 13.2. The summed E-state index contributed by atoms with van der Waals surface area (Å²) < 4.78 is 0. The molecule has 1 aliphatic rings. The number of hydrogen-bond donors (Lipinski definition) is 0. The first-order chi connectivity index (χ1) is 20.0. The normalized spacial score (nSPS) is 14.2. The smallest absolute Gasteiger partial charge is 0.159 e. The van der Waals surface area contributed by atoms with Crippen LogP contribution in [0.5, 0.6) is 0 Å². The molecule has 1 aliphatic heterocycles. The summed E-state index contributed by atoms with van der Waals surface area (Å²) in [5.74, 6) is 0.638. The zero-order valence-electron chi connectivity index (χ0n) is 26.5. The molecule has 0 N–H and O–H groups in total. The van der Waals surface area contributed by atoms with E-state index in [4.69, 9.17) is 12.2 Å². The number of carbonyl (C=O) groups excluding carboxylic acids is 1. The molecule has 0 saturated carbocycles. The van der Waals surface area contributed by atoms with Crippen LogP contribution in [-0.2, 0) is 31.1 Å². The van der Waals surface area contributed by atoms with Crippen molar-refractivity contribution in [2.24, 2.45) is 5.92 Å². The topological polar surface area (TPSA) is 20.3 Å². The van der Waals surface area contributed by atoms with Crippen LogP contribution >= 0.6 is 12.2 Å². The van der Waals surface area contributed by atoms with E-state index < -0.39 is 0 Å². The summed E-state index contributed by atoms with van der Waals surface area (Å²) in [4.78, 5) is 15.7. The van der Waals surface area contributed by atoms with Crippen molar-refractivity contribution in [2.45, 2.75) is 91.4 Å². The van der Waals surface area contributed by atoms with Crippen molar-refractivity contribution < 1.29 is 4.79 Å². The van der Waals surface area contributed by atoms with Crippen LogP contribution in [-0.4, -0.2) is 28.6 Å². The molecular weight excluding hydrogens is 531 g/mol. The monoisotopic (exact) mass is 579 g/mol. The number of ketones is 1. The van der Waals surface area contributed by atoms with Gasteiger partial charge in [-0.3, -0.25) is 4.79 Å². The number of piperidine rings is 1. The van der Waals surface area contributed by atoms with Crippen molar-refractivity contribution in [1.29, 1.82) is 0 Å². The lowest BCUT2D eigenvalue weighted by molar-refractivity contribution is 0.101. The minimum Gasteiger partial charge on any atom is -0.371 e. The van der Waals surface area contributed by atoms with E-state index in [0.717, 1.165) is 86.1 Å². The highest BCUT2D eigenvalue weighted by Crippen LogP contribution is 2.30. The van der Waals surface area contributed by atoms with Crippen molar-refractivity contribution in [2.75, 3.05) is 13.1 Å². The molecule has 0 aliphatic carbocycles. The van der Waals surface area contributed by atoms with E-state index >= 15 is 0 Å². The third-order valence-corrected chi connectivity index (χ3v) is 9.32. The predicted octanol–water partition coefficient (Wildman–Crippen LogP) is 9.61. The van der Waals surface area contributed by atoms with Gasteiger partial charge in [0.2, 0.25) is 0 Å². The largest absolute Gasteiger partial charge is 0.371 e. The fraction of sp³-hybridized carbons (Fsp3) is 0.436. The van der Waals surface area contributed by atoms with E-state index in [9.17, 15) is 4.79 Å². The molecule has 0 unspecified atom stereocenters. The standard InChI is InChI=1S/C39H49NOS/c1-28(40-25-23-34(24-26-40)30(3)42)38-27-36(29(2)41)20-19-35(38)10-8-7-9-31-11-13-32(14-12-31)15-16-33-17-21-37(22-18-33)39(4,5)6/h11-14,17-22,27,34H,1,7-10,15-16,23-26H2,2-6H3. The minimum atomic E-state index is 0.104. The number of thiocarbonyl (C=S) groups is 1. The Morgan fingerprint density at radius 3 is 1.86 bits per heavy atom. The average molecular weight is 580 g/mol. The third-order valence-electron chi connectivity index (χ3n) is 8.99. The first kappa shape index (κ1) is 31.9. The fourth-order valence-corrected chi connectivity index (χ4v) is 6.22. The molecule has 42 heavy (non-hydrogen) atoms. The van der Waals surface area contributed by atoms with Gasteiger partial charge in [-0.15, -0.1) is 0 Å². The van der Waals surface area contributed by atoms with Crippen LogP contribution in [0.3, 0.4) is 0 Å². The van der Waals surface area contributed by atoms with Gasteiger partial charge in [0, 0.05) is 29.9 Å². The fourth-order valence-electron chi connectivity index (χ4n) is 5.99. The van der Waals surface area contributed by atoms with E-state index in [1.54, 1.807) is 6.92 Å². The Morgan fingerprint density at radius 2 is 1.33 bits per heavy atom. The van der Waals surface area contributed by atoms with Crippen molar-refractivity contribution in [3.8, 4) is 0 Å². The van der Waals surface area contributed by atoms with E-state index in [1.807, 2.05) is 6.07 Å². The first-order valence-corrected chi connectivity index (χ1v) is 16.2. The molecule has 0 atom stereocenters. The summed E-state index contributed by atoms with van der Waals surface area (Å²) in [6, 6.07) is 24.5. The SMILES string of the molecule is C=C(c1cc(C(C)=O)ccc1CCCCc1ccc(CCc2ccc(C(C)(C)C)cc2)cc1)N1CCC(C(C)=S)CC1. The molecule has 0 amide bonds. The van der Waals surface area contributed by atoms with Gasteiger partial charge in [-0.2, -0.15) is 0 Å². The van der Waals surface area contributed by atoms with Crippen LogP contribution < -0.4 is 0 Å². The van der Waals surface area contributed by atoms with E-state index in [0.29, 0.717) is 5.92 Å². The van der Waals surface area contributed by atoms with Gasteiger partial charge in [-0.05, 0) is 115 Å². The average Bonchev–Trinajstić information content (AvgIpc) is 2.98. The number of likely N-dealkylation sites (tertiary alicyclic amines) is 1. The Kier molecular flexibility index (Phi) is 11.0. The molecular formula is C39H49NOS. The molecule has 1 heterocycles. The maximum atomic E-state index is 12.2. The molecule has 0 bridgehead atoms. The van der Waals surface area contributed by atoms with E-state index in [2.05, 4.69) is 99.8 Å². The summed E-state index contributed by atoms with van der Waals surface area (Å²) in [5, 5.41) is 0.